The van der Waals surface area contributed by atoms with Crippen LogP contribution in [0, 0.1) is 0 Å². The van der Waals surface area contributed by atoms with E-state index in [2.05, 4.69) is 4.98 Å². The number of rotatable bonds is 3. The summed E-state index contributed by atoms with van der Waals surface area (Å²) in [5, 5.41) is 10.8. The number of fused-ring (bicyclic) bond motifs is 1. The summed E-state index contributed by atoms with van der Waals surface area (Å²) in [6.07, 6.45) is 0.628. The Balaban J connectivity index is 1.82. The van der Waals surface area contributed by atoms with Gasteiger partial charge in [0.15, 0.2) is 0 Å². The third-order valence-corrected chi connectivity index (χ3v) is 4.48. The average Bonchev–Trinajstić information content (AvgIpc) is 3.01. The summed E-state index contributed by atoms with van der Waals surface area (Å²) in [6.45, 7) is 5.31. The lowest BCUT2D eigenvalue weighted by atomic mass is 10.2. The first-order valence-electron chi connectivity index (χ1n) is 8.58. The highest BCUT2D eigenvalue weighted by molar-refractivity contribution is 6.35. The van der Waals surface area contributed by atoms with Crippen molar-refractivity contribution in [2.24, 2.45) is 0 Å². The largest absolute Gasteiger partial charge is 0.486 e. The van der Waals surface area contributed by atoms with Crippen LogP contribution in [0.5, 0.6) is 5.75 Å². The smallest absolute Gasteiger partial charge is 0.411 e. The van der Waals surface area contributed by atoms with Crippen LogP contribution in [0.1, 0.15) is 27.2 Å². The maximum absolute atomic E-state index is 12.4. The van der Waals surface area contributed by atoms with Gasteiger partial charge in [-0.1, -0.05) is 11.6 Å². The standard InChI is InChI=1S/C19H21ClN2O5/c1-19(2,3)27-18(25)22-10-11(9-14(22)17(23)24)26-15-7-6-13(20)12-5-4-8-21-16(12)15/h4-8,11,14H,9-10H2,1-3H3,(H,23,24)/t11-,14+/m1/s1. The summed E-state index contributed by atoms with van der Waals surface area (Å²) < 4.78 is 11.3. The number of benzene rings is 1. The van der Waals surface area contributed by atoms with Gasteiger partial charge in [-0.3, -0.25) is 9.88 Å². The summed E-state index contributed by atoms with van der Waals surface area (Å²) in [6, 6.07) is 6.01. The lowest BCUT2D eigenvalue weighted by molar-refractivity contribution is -0.142. The SMILES string of the molecule is CC(C)(C)OC(=O)N1C[C@H](Oc2ccc(Cl)c3cccnc23)C[C@H]1C(=O)O. The zero-order valence-corrected chi connectivity index (χ0v) is 16.1. The van der Waals surface area contributed by atoms with Gasteiger partial charge in [-0.15, -0.1) is 0 Å². The van der Waals surface area contributed by atoms with E-state index in [1.54, 1.807) is 45.2 Å². The van der Waals surface area contributed by atoms with Crippen LogP contribution in [0.15, 0.2) is 30.5 Å². The van der Waals surface area contributed by atoms with Gasteiger partial charge in [0.2, 0.25) is 0 Å². The summed E-state index contributed by atoms with van der Waals surface area (Å²) in [4.78, 5) is 29.5. The number of ether oxygens (including phenoxy) is 2. The molecule has 2 heterocycles. The molecule has 144 valence electrons. The second-order valence-electron chi connectivity index (χ2n) is 7.41. The lowest BCUT2D eigenvalue weighted by Crippen LogP contribution is -2.43. The van der Waals surface area contributed by atoms with E-state index >= 15 is 0 Å². The molecule has 8 heteroatoms. The molecule has 1 saturated heterocycles. The Labute approximate surface area is 161 Å². The Hall–Kier alpha value is -2.54. The van der Waals surface area contributed by atoms with E-state index in [0.29, 0.717) is 16.3 Å². The van der Waals surface area contributed by atoms with Crippen LogP contribution in [0.2, 0.25) is 5.02 Å². The molecule has 0 spiro atoms. The first-order valence-corrected chi connectivity index (χ1v) is 8.96. The monoisotopic (exact) mass is 392 g/mol. The number of carbonyl (C=O) groups excluding carboxylic acids is 1. The second kappa shape index (κ2) is 7.23. The molecule has 0 bridgehead atoms. The highest BCUT2D eigenvalue weighted by atomic mass is 35.5. The van der Waals surface area contributed by atoms with Gasteiger partial charge in [0.25, 0.3) is 0 Å². The van der Waals surface area contributed by atoms with Crippen molar-refractivity contribution >= 4 is 34.6 Å². The minimum absolute atomic E-state index is 0.114. The quantitative estimate of drug-likeness (QED) is 0.856. The predicted molar refractivity (Wildman–Crippen MR) is 100 cm³/mol. The number of pyridine rings is 1. The molecule has 1 amide bonds. The van der Waals surface area contributed by atoms with Gasteiger partial charge in [-0.25, -0.2) is 9.59 Å². The van der Waals surface area contributed by atoms with Gasteiger partial charge in [-0.2, -0.15) is 0 Å². The maximum Gasteiger partial charge on any atom is 0.411 e. The van der Waals surface area contributed by atoms with Crippen LogP contribution in [-0.2, 0) is 9.53 Å². The molecule has 1 aliphatic heterocycles. The Kier molecular flexibility index (Phi) is 5.15. The summed E-state index contributed by atoms with van der Waals surface area (Å²) in [7, 11) is 0. The van der Waals surface area contributed by atoms with Crippen LogP contribution < -0.4 is 4.74 Å². The first kappa shape index (κ1) is 19.2. The van der Waals surface area contributed by atoms with E-state index in [1.807, 2.05) is 6.07 Å². The van der Waals surface area contributed by atoms with Gasteiger partial charge in [0.1, 0.15) is 29.0 Å². The van der Waals surface area contributed by atoms with Crippen LogP contribution in [0.25, 0.3) is 10.9 Å². The number of halogens is 1. The molecule has 1 aliphatic rings. The molecule has 2 atom stereocenters. The van der Waals surface area contributed by atoms with Gasteiger partial charge in [-0.05, 0) is 45.0 Å². The number of carboxylic acid groups (broad SMARTS) is 1. The number of likely N-dealkylation sites (tertiary alicyclic amines) is 1. The van der Waals surface area contributed by atoms with Crippen LogP contribution in [0.4, 0.5) is 4.79 Å². The Morgan fingerprint density at radius 3 is 2.70 bits per heavy atom. The normalized spacial score (nSPS) is 19.9. The third kappa shape index (κ3) is 4.24. The minimum Gasteiger partial charge on any atom is -0.486 e. The number of nitrogens with zero attached hydrogens (tertiary/aromatic N) is 2. The molecular formula is C19H21ClN2O5. The van der Waals surface area contributed by atoms with Crippen LogP contribution in [-0.4, -0.2) is 51.3 Å². The van der Waals surface area contributed by atoms with E-state index in [0.717, 1.165) is 5.39 Å². The van der Waals surface area contributed by atoms with Gasteiger partial charge < -0.3 is 14.6 Å². The van der Waals surface area contributed by atoms with Gasteiger partial charge in [0.05, 0.1) is 11.6 Å². The fourth-order valence-electron chi connectivity index (χ4n) is 3.03. The number of hydrogen-bond donors (Lipinski definition) is 1. The van der Waals surface area contributed by atoms with E-state index in [-0.39, 0.29) is 13.0 Å². The topological polar surface area (TPSA) is 89.0 Å². The molecule has 0 aliphatic carbocycles. The maximum atomic E-state index is 12.4. The van der Waals surface area contributed by atoms with Crippen molar-refractivity contribution in [3.63, 3.8) is 0 Å². The van der Waals surface area contributed by atoms with Crippen molar-refractivity contribution in [2.75, 3.05) is 6.54 Å². The highest BCUT2D eigenvalue weighted by Gasteiger charge is 2.42. The molecule has 1 N–H and O–H groups in total. The Morgan fingerprint density at radius 1 is 1.30 bits per heavy atom. The Bertz CT molecular complexity index is 880. The third-order valence-electron chi connectivity index (χ3n) is 4.15. The molecule has 0 unspecified atom stereocenters. The van der Waals surface area contributed by atoms with Crippen LogP contribution >= 0.6 is 11.6 Å². The molecule has 1 aromatic carbocycles. The van der Waals surface area contributed by atoms with Crippen molar-refractivity contribution in [3.8, 4) is 5.75 Å². The number of amides is 1. The highest BCUT2D eigenvalue weighted by Crippen LogP contribution is 2.32. The van der Waals surface area contributed by atoms with Crippen molar-refractivity contribution < 1.29 is 24.2 Å². The first-order chi connectivity index (χ1) is 12.7. The average molecular weight is 393 g/mol. The van der Waals surface area contributed by atoms with Crippen molar-refractivity contribution in [3.05, 3.63) is 35.5 Å². The molecule has 1 aromatic heterocycles. The molecule has 0 radical (unpaired) electrons. The lowest BCUT2D eigenvalue weighted by Gasteiger charge is -2.26. The summed E-state index contributed by atoms with van der Waals surface area (Å²) >= 11 is 6.19. The zero-order valence-electron chi connectivity index (χ0n) is 15.3. The molecule has 0 saturated carbocycles. The van der Waals surface area contributed by atoms with Crippen molar-refractivity contribution in [2.45, 2.75) is 44.9 Å². The minimum atomic E-state index is -1.09. The fourth-order valence-corrected chi connectivity index (χ4v) is 3.24. The summed E-state index contributed by atoms with van der Waals surface area (Å²) in [5.41, 5.74) is -0.123. The molecule has 1 fully saturated rings. The Morgan fingerprint density at radius 2 is 2.04 bits per heavy atom. The number of aliphatic carboxylic acids is 1. The zero-order chi connectivity index (χ0) is 19.8. The predicted octanol–water partition coefficient (Wildman–Crippen LogP) is 3.73. The van der Waals surface area contributed by atoms with Gasteiger partial charge in [0, 0.05) is 18.0 Å². The second-order valence-corrected chi connectivity index (χ2v) is 7.81. The van der Waals surface area contributed by atoms with Gasteiger partial charge >= 0.3 is 12.1 Å². The number of carboxylic acids is 1. The molecule has 3 rings (SSSR count). The van der Waals surface area contributed by atoms with Crippen molar-refractivity contribution in [1.29, 1.82) is 0 Å². The number of aromatic nitrogens is 1. The van der Waals surface area contributed by atoms with E-state index in [4.69, 9.17) is 21.1 Å². The van der Waals surface area contributed by atoms with Crippen LogP contribution in [0.3, 0.4) is 0 Å². The fraction of sp³-hybridized carbons (Fsp3) is 0.421. The molecule has 27 heavy (non-hydrogen) atoms. The number of carbonyl (C=O) groups is 2. The molecular weight excluding hydrogens is 372 g/mol. The van der Waals surface area contributed by atoms with Crippen molar-refractivity contribution in [1.82, 2.24) is 9.88 Å². The number of hydrogen-bond acceptors (Lipinski definition) is 5. The van der Waals surface area contributed by atoms with E-state index < -0.39 is 29.8 Å². The van der Waals surface area contributed by atoms with E-state index in [1.165, 1.54) is 4.90 Å². The summed E-state index contributed by atoms with van der Waals surface area (Å²) in [5.74, 6) is -0.596. The molecule has 2 aromatic rings. The molecule has 7 nitrogen and oxygen atoms in total. The van der Waals surface area contributed by atoms with E-state index in [9.17, 15) is 14.7 Å².